The maximum Gasteiger partial charge on any atom is 0.306 e. The third kappa shape index (κ3) is 2.20. The normalized spacial score (nSPS) is 12.7. The summed E-state index contributed by atoms with van der Waals surface area (Å²) in [6.45, 7) is 1.85. The average molecular weight is 215 g/mol. The zero-order valence-electron chi connectivity index (χ0n) is 8.15. The van der Waals surface area contributed by atoms with Gasteiger partial charge >= 0.3 is 5.97 Å². The van der Waals surface area contributed by atoms with Crippen molar-refractivity contribution in [2.45, 2.75) is 19.8 Å². The van der Waals surface area contributed by atoms with Crippen LogP contribution in [0.1, 0.15) is 19.2 Å². The lowest BCUT2D eigenvalue weighted by Gasteiger charge is -2.07. The van der Waals surface area contributed by atoms with Gasteiger partial charge in [-0.25, -0.2) is 0 Å². The van der Waals surface area contributed by atoms with Gasteiger partial charge in [0.25, 0.3) is 0 Å². The van der Waals surface area contributed by atoms with Crippen molar-refractivity contribution in [1.29, 1.82) is 0 Å². The standard InChI is InChI=1S/C8H13N3O2S/c1-3-5(7(12)13)4-6-9-10-8(14)11(6)2/h5H,3-4H2,1-2H3,(H,10,14)(H,12,13). The highest BCUT2D eigenvalue weighted by Crippen LogP contribution is 2.10. The van der Waals surface area contributed by atoms with Gasteiger partial charge in [0, 0.05) is 13.5 Å². The minimum atomic E-state index is -0.790. The fraction of sp³-hybridized carbons (Fsp3) is 0.625. The second-order valence-electron chi connectivity index (χ2n) is 3.15. The number of H-pyrrole nitrogens is 1. The maximum absolute atomic E-state index is 10.8. The zero-order chi connectivity index (χ0) is 10.7. The molecule has 1 aromatic rings. The molecule has 78 valence electrons. The van der Waals surface area contributed by atoms with Gasteiger partial charge in [-0.15, -0.1) is 0 Å². The number of hydrogen-bond acceptors (Lipinski definition) is 3. The van der Waals surface area contributed by atoms with Crippen LogP contribution in [0.4, 0.5) is 0 Å². The largest absolute Gasteiger partial charge is 0.481 e. The molecule has 0 saturated heterocycles. The second kappa shape index (κ2) is 4.36. The smallest absolute Gasteiger partial charge is 0.306 e. The van der Waals surface area contributed by atoms with E-state index >= 15 is 0 Å². The molecule has 6 heteroatoms. The van der Waals surface area contributed by atoms with E-state index in [-0.39, 0.29) is 5.92 Å². The molecule has 1 heterocycles. The molecule has 2 N–H and O–H groups in total. The summed E-state index contributed by atoms with van der Waals surface area (Å²) >= 11 is 4.93. The van der Waals surface area contributed by atoms with Crippen molar-refractivity contribution in [2.75, 3.05) is 0 Å². The Morgan fingerprint density at radius 3 is 2.79 bits per heavy atom. The molecule has 0 saturated carbocycles. The lowest BCUT2D eigenvalue weighted by Crippen LogP contribution is -2.17. The summed E-state index contributed by atoms with van der Waals surface area (Å²) in [7, 11) is 1.77. The monoisotopic (exact) mass is 215 g/mol. The molecular weight excluding hydrogens is 202 g/mol. The van der Waals surface area contributed by atoms with E-state index in [1.54, 1.807) is 11.6 Å². The van der Waals surface area contributed by atoms with E-state index in [2.05, 4.69) is 10.2 Å². The number of aromatic amines is 1. The predicted octanol–water partition coefficient (Wildman–Crippen LogP) is 1.13. The lowest BCUT2D eigenvalue weighted by atomic mass is 10.0. The molecule has 0 spiro atoms. The van der Waals surface area contributed by atoms with Crippen molar-refractivity contribution in [3.63, 3.8) is 0 Å². The van der Waals surface area contributed by atoms with Gasteiger partial charge in [0.2, 0.25) is 0 Å². The first-order chi connectivity index (χ1) is 6.56. The Morgan fingerprint density at radius 1 is 1.79 bits per heavy atom. The molecule has 0 aliphatic rings. The highest BCUT2D eigenvalue weighted by molar-refractivity contribution is 7.71. The number of aliphatic carboxylic acids is 1. The fourth-order valence-corrected chi connectivity index (χ4v) is 1.34. The Bertz CT molecular complexity index is 382. The third-order valence-electron chi connectivity index (χ3n) is 2.24. The topological polar surface area (TPSA) is 70.9 Å². The molecule has 0 aromatic carbocycles. The number of carboxylic acid groups (broad SMARTS) is 1. The van der Waals surface area contributed by atoms with E-state index in [0.29, 0.717) is 23.4 Å². The highest BCUT2D eigenvalue weighted by atomic mass is 32.1. The Hall–Kier alpha value is -1.17. The van der Waals surface area contributed by atoms with Crippen LogP contribution in [0, 0.1) is 10.7 Å². The van der Waals surface area contributed by atoms with Crippen molar-refractivity contribution in [3.8, 4) is 0 Å². The van der Waals surface area contributed by atoms with Crippen LogP contribution in [-0.4, -0.2) is 25.8 Å². The molecule has 5 nitrogen and oxygen atoms in total. The number of nitrogens with zero attached hydrogens (tertiary/aromatic N) is 2. The van der Waals surface area contributed by atoms with E-state index in [4.69, 9.17) is 17.3 Å². The molecular formula is C8H13N3O2S. The summed E-state index contributed by atoms with van der Waals surface area (Å²) in [5.41, 5.74) is 0. The van der Waals surface area contributed by atoms with Crippen molar-refractivity contribution < 1.29 is 9.90 Å². The van der Waals surface area contributed by atoms with Crippen LogP contribution in [0.25, 0.3) is 0 Å². The van der Waals surface area contributed by atoms with Crippen molar-refractivity contribution in [2.24, 2.45) is 13.0 Å². The quantitative estimate of drug-likeness (QED) is 0.739. The first kappa shape index (κ1) is 10.9. The summed E-state index contributed by atoms with van der Waals surface area (Å²) in [4.78, 5) is 10.8. The number of hydrogen-bond donors (Lipinski definition) is 2. The Labute approximate surface area is 86.8 Å². The third-order valence-corrected chi connectivity index (χ3v) is 2.61. The number of rotatable bonds is 4. The van der Waals surface area contributed by atoms with Crippen LogP contribution in [0.15, 0.2) is 0 Å². The summed E-state index contributed by atoms with van der Waals surface area (Å²) in [6, 6.07) is 0. The van der Waals surface area contributed by atoms with Crippen LogP contribution in [-0.2, 0) is 18.3 Å². The molecule has 1 unspecified atom stereocenters. The number of carbonyl (C=O) groups is 1. The molecule has 0 fully saturated rings. The first-order valence-corrected chi connectivity index (χ1v) is 4.80. The summed E-state index contributed by atoms with van der Waals surface area (Å²) in [5, 5.41) is 15.5. The molecule has 14 heavy (non-hydrogen) atoms. The zero-order valence-corrected chi connectivity index (χ0v) is 8.97. The van der Waals surface area contributed by atoms with E-state index in [1.165, 1.54) is 0 Å². The number of carboxylic acids is 1. The van der Waals surface area contributed by atoms with E-state index < -0.39 is 5.97 Å². The van der Waals surface area contributed by atoms with E-state index in [0.717, 1.165) is 0 Å². The van der Waals surface area contributed by atoms with Gasteiger partial charge in [-0.3, -0.25) is 9.89 Å². The molecule has 0 radical (unpaired) electrons. The SMILES string of the molecule is CCC(Cc1n[nH]c(=S)n1C)C(=O)O. The number of nitrogens with one attached hydrogen (secondary N) is 1. The Kier molecular flexibility index (Phi) is 3.40. The molecule has 0 bridgehead atoms. The van der Waals surface area contributed by atoms with Crippen LogP contribution >= 0.6 is 12.2 Å². The average Bonchev–Trinajstić information content (AvgIpc) is 2.44. The highest BCUT2D eigenvalue weighted by Gasteiger charge is 2.18. The van der Waals surface area contributed by atoms with Crippen LogP contribution in [0.3, 0.4) is 0 Å². The Morgan fingerprint density at radius 2 is 2.43 bits per heavy atom. The van der Waals surface area contributed by atoms with Gasteiger partial charge in [0.15, 0.2) is 4.77 Å². The molecule has 0 amide bonds. The van der Waals surface area contributed by atoms with Gasteiger partial charge in [0.1, 0.15) is 5.82 Å². The Balaban J connectivity index is 2.82. The van der Waals surface area contributed by atoms with Gasteiger partial charge in [0.05, 0.1) is 5.92 Å². The van der Waals surface area contributed by atoms with Crippen LogP contribution in [0.5, 0.6) is 0 Å². The minimum Gasteiger partial charge on any atom is -0.481 e. The molecule has 0 aliphatic heterocycles. The summed E-state index contributed by atoms with van der Waals surface area (Å²) in [6.07, 6.45) is 1.00. The van der Waals surface area contributed by atoms with E-state index in [9.17, 15) is 4.79 Å². The predicted molar refractivity (Wildman–Crippen MR) is 53.5 cm³/mol. The molecule has 1 rings (SSSR count). The van der Waals surface area contributed by atoms with Crippen molar-refractivity contribution in [3.05, 3.63) is 10.6 Å². The van der Waals surface area contributed by atoms with Crippen LogP contribution in [0.2, 0.25) is 0 Å². The van der Waals surface area contributed by atoms with Crippen molar-refractivity contribution in [1.82, 2.24) is 14.8 Å². The van der Waals surface area contributed by atoms with Gasteiger partial charge in [-0.2, -0.15) is 5.10 Å². The first-order valence-electron chi connectivity index (χ1n) is 4.39. The molecule has 1 aromatic heterocycles. The lowest BCUT2D eigenvalue weighted by molar-refractivity contribution is -0.141. The van der Waals surface area contributed by atoms with Crippen molar-refractivity contribution >= 4 is 18.2 Å². The summed E-state index contributed by atoms with van der Waals surface area (Å²) in [5.74, 6) is -0.496. The minimum absolute atomic E-state index is 0.390. The van der Waals surface area contributed by atoms with Gasteiger partial charge in [-0.1, -0.05) is 6.92 Å². The fourth-order valence-electron chi connectivity index (χ4n) is 1.19. The maximum atomic E-state index is 10.8. The number of aromatic nitrogens is 3. The van der Waals surface area contributed by atoms with Gasteiger partial charge in [-0.05, 0) is 18.6 Å². The van der Waals surface area contributed by atoms with Crippen LogP contribution < -0.4 is 0 Å². The second-order valence-corrected chi connectivity index (χ2v) is 3.54. The molecule has 1 atom stereocenters. The van der Waals surface area contributed by atoms with Gasteiger partial charge < -0.3 is 9.67 Å². The molecule has 0 aliphatic carbocycles. The van der Waals surface area contributed by atoms with E-state index in [1.807, 2.05) is 6.92 Å². The summed E-state index contributed by atoms with van der Waals surface area (Å²) < 4.78 is 2.21.